The summed E-state index contributed by atoms with van der Waals surface area (Å²) >= 11 is 17.7. The SMILES string of the molecule is O=C(c1cc(Cl)c(Br)s1)c1sccc1Cl. The molecule has 0 aliphatic rings. The lowest BCUT2D eigenvalue weighted by atomic mass is 10.3. The Kier molecular flexibility index (Phi) is 3.52. The van der Waals surface area contributed by atoms with Crippen molar-refractivity contribution >= 4 is 67.6 Å². The summed E-state index contributed by atoms with van der Waals surface area (Å²) in [5.41, 5.74) is 0. The maximum atomic E-state index is 12.0. The van der Waals surface area contributed by atoms with Crippen LogP contribution in [0.4, 0.5) is 0 Å². The van der Waals surface area contributed by atoms with E-state index in [1.807, 2.05) is 0 Å². The highest BCUT2D eigenvalue weighted by atomic mass is 79.9. The summed E-state index contributed by atoms with van der Waals surface area (Å²) in [6, 6.07) is 3.36. The topological polar surface area (TPSA) is 17.1 Å². The molecule has 1 nitrogen and oxygen atoms in total. The van der Waals surface area contributed by atoms with Gasteiger partial charge in [0.25, 0.3) is 0 Å². The van der Waals surface area contributed by atoms with Crippen LogP contribution in [-0.4, -0.2) is 5.78 Å². The fourth-order valence-corrected chi connectivity index (χ4v) is 3.83. The third-order valence-corrected chi connectivity index (χ3v) is 5.51. The molecule has 0 bridgehead atoms. The molecule has 2 aromatic heterocycles. The zero-order chi connectivity index (χ0) is 11.0. The first-order valence-corrected chi connectivity index (χ1v) is 7.06. The number of hydrogen-bond acceptors (Lipinski definition) is 3. The molecule has 78 valence electrons. The number of rotatable bonds is 2. The lowest BCUT2D eigenvalue weighted by molar-refractivity contribution is 0.104. The lowest BCUT2D eigenvalue weighted by Crippen LogP contribution is -1.95. The zero-order valence-electron chi connectivity index (χ0n) is 7.09. The molecule has 0 aliphatic carbocycles. The smallest absolute Gasteiger partial charge is 0.214 e. The molecule has 0 spiro atoms. The molecule has 0 radical (unpaired) electrons. The van der Waals surface area contributed by atoms with Gasteiger partial charge < -0.3 is 0 Å². The highest BCUT2D eigenvalue weighted by Gasteiger charge is 2.17. The van der Waals surface area contributed by atoms with E-state index in [0.29, 0.717) is 19.8 Å². The molecule has 2 rings (SSSR count). The van der Waals surface area contributed by atoms with E-state index in [4.69, 9.17) is 23.2 Å². The largest absolute Gasteiger partial charge is 0.287 e. The Hall–Kier alpha value is 0.130. The summed E-state index contributed by atoms with van der Waals surface area (Å²) in [4.78, 5) is 13.1. The summed E-state index contributed by atoms with van der Waals surface area (Å²) in [5, 5.41) is 2.83. The van der Waals surface area contributed by atoms with Crippen LogP contribution in [0.15, 0.2) is 21.3 Å². The highest BCUT2D eigenvalue weighted by Crippen LogP contribution is 2.35. The van der Waals surface area contributed by atoms with Crippen LogP contribution < -0.4 is 0 Å². The van der Waals surface area contributed by atoms with E-state index in [1.54, 1.807) is 17.5 Å². The average Bonchev–Trinajstić information content (AvgIpc) is 2.74. The monoisotopic (exact) mass is 340 g/mol. The molecule has 0 saturated carbocycles. The van der Waals surface area contributed by atoms with Crippen LogP contribution in [0.25, 0.3) is 0 Å². The van der Waals surface area contributed by atoms with E-state index >= 15 is 0 Å². The second kappa shape index (κ2) is 4.55. The third kappa shape index (κ3) is 2.29. The quantitative estimate of drug-likeness (QED) is 0.693. The molecule has 0 atom stereocenters. The van der Waals surface area contributed by atoms with Crippen LogP contribution in [0.2, 0.25) is 10.0 Å². The molecule has 0 aromatic carbocycles. The van der Waals surface area contributed by atoms with E-state index in [2.05, 4.69) is 15.9 Å². The van der Waals surface area contributed by atoms with Gasteiger partial charge in [-0.05, 0) is 33.4 Å². The van der Waals surface area contributed by atoms with Crippen molar-refractivity contribution < 1.29 is 4.79 Å². The van der Waals surface area contributed by atoms with Crippen molar-refractivity contribution in [3.63, 3.8) is 0 Å². The molecular formula is C9H3BrCl2OS2. The van der Waals surface area contributed by atoms with Gasteiger partial charge in [-0.1, -0.05) is 23.2 Å². The van der Waals surface area contributed by atoms with Crippen molar-refractivity contribution in [3.8, 4) is 0 Å². The van der Waals surface area contributed by atoms with Crippen LogP contribution in [-0.2, 0) is 0 Å². The molecule has 15 heavy (non-hydrogen) atoms. The second-order valence-corrected chi connectivity index (χ2v) is 6.76. The van der Waals surface area contributed by atoms with Crippen molar-refractivity contribution in [2.75, 3.05) is 0 Å². The minimum Gasteiger partial charge on any atom is -0.287 e. The van der Waals surface area contributed by atoms with Gasteiger partial charge in [-0.2, -0.15) is 0 Å². The Morgan fingerprint density at radius 2 is 2.07 bits per heavy atom. The highest BCUT2D eigenvalue weighted by molar-refractivity contribution is 9.11. The Morgan fingerprint density at radius 1 is 1.33 bits per heavy atom. The van der Waals surface area contributed by atoms with Crippen LogP contribution in [0.5, 0.6) is 0 Å². The van der Waals surface area contributed by atoms with Crippen LogP contribution in [0, 0.1) is 0 Å². The molecule has 2 aromatic rings. The molecule has 0 saturated heterocycles. The number of thiophene rings is 2. The van der Waals surface area contributed by atoms with E-state index in [-0.39, 0.29) is 5.78 Å². The van der Waals surface area contributed by atoms with Crippen molar-refractivity contribution in [2.45, 2.75) is 0 Å². The third-order valence-electron chi connectivity index (χ3n) is 1.69. The maximum absolute atomic E-state index is 12.0. The Bertz CT molecular complexity index is 498. The normalized spacial score (nSPS) is 10.6. The lowest BCUT2D eigenvalue weighted by Gasteiger charge is -1.93. The molecule has 0 unspecified atom stereocenters. The van der Waals surface area contributed by atoms with E-state index in [9.17, 15) is 4.79 Å². The number of carbonyl (C=O) groups is 1. The van der Waals surface area contributed by atoms with E-state index in [0.717, 1.165) is 3.79 Å². The van der Waals surface area contributed by atoms with E-state index in [1.165, 1.54) is 22.7 Å². The number of halogens is 3. The first-order chi connectivity index (χ1) is 7.09. The summed E-state index contributed by atoms with van der Waals surface area (Å²) in [7, 11) is 0. The van der Waals surface area contributed by atoms with Crippen LogP contribution >= 0.6 is 61.8 Å². The summed E-state index contributed by atoms with van der Waals surface area (Å²) in [6.07, 6.45) is 0. The molecule has 0 N–H and O–H groups in total. The first kappa shape index (κ1) is 11.6. The summed E-state index contributed by atoms with van der Waals surface area (Å²) < 4.78 is 0.764. The van der Waals surface area contributed by atoms with Crippen molar-refractivity contribution in [1.29, 1.82) is 0 Å². The Balaban J connectivity index is 2.41. The Labute approximate surface area is 113 Å². The van der Waals surface area contributed by atoms with Crippen LogP contribution in [0.3, 0.4) is 0 Å². The minimum atomic E-state index is -0.0763. The number of hydrogen-bond donors (Lipinski definition) is 0. The fourth-order valence-electron chi connectivity index (χ4n) is 1.03. The predicted molar refractivity (Wildman–Crippen MR) is 69.8 cm³/mol. The van der Waals surface area contributed by atoms with Crippen molar-refractivity contribution in [2.24, 2.45) is 0 Å². The number of carbonyl (C=O) groups excluding carboxylic acids is 1. The van der Waals surface area contributed by atoms with Gasteiger partial charge in [-0.3, -0.25) is 4.79 Å². The van der Waals surface area contributed by atoms with Gasteiger partial charge in [0.15, 0.2) is 0 Å². The standard InChI is InChI=1S/C9H3BrCl2OS2/c10-9-5(12)3-6(15-9)7(13)8-4(11)1-2-14-8/h1-3H. The van der Waals surface area contributed by atoms with Gasteiger partial charge in [-0.15, -0.1) is 22.7 Å². The summed E-state index contributed by atoms with van der Waals surface area (Å²) in [5.74, 6) is -0.0763. The van der Waals surface area contributed by atoms with Crippen LogP contribution in [0.1, 0.15) is 14.5 Å². The van der Waals surface area contributed by atoms with Gasteiger partial charge in [0.1, 0.15) is 0 Å². The van der Waals surface area contributed by atoms with Gasteiger partial charge in [-0.25, -0.2) is 0 Å². The van der Waals surface area contributed by atoms with Crippen molar-refractivity contribution in [3.05, 3.63) is 41.1 Å². The molecule has 0 aliphatic heterocycles. The second-order valence-electron chi connectivity index (χ2n) is 2.66. The van der Waals surface area contributed by atoms with Gasteiger partial charge in [0, 0.05) is 0 Å². The van der Waals surface area contributed by atoms with Gasteiger partial charge in [0.05, 0.1) is 23.6 Å². The fraction of sp³-hybridized carbons (Fsp3) is 0. The number of ketones is 1. The molecule has 0 amide bonds. The predicted octanol–water partition coefficient (Wildman–Crippen LogP) is 5.11. The maximum Gasteiger partial charge on any atom is 0.214 e. The summed E-state index contributed by atoms with van der Waals surface area (Å²) in [6.45, 7) is 0. The van der Waals surface area contributed by atoms with Gasteiger partial charge in [0.2, 0.25) is 5.78 Å². The average molecular weight is 342 g/mol. The Morgan fingerprint density at radius 3 is 2.53 bits per heavy atom. The molecular weight excluding hydrogens is 339 g/mol. The first-order valence-electron chi connectivity index (χ1n) is 3.82. The van der Waals surface area contributed by atoms with Crippen molar-refractivity contribution in [1.82, 2.24) is 0 Å². The zero-order valence-corrected chi connectivity index (χ0v) is 11.8. The van der Waals surface area contributed by atoms with Gasteiger partial charge >= 0.3 is 0 Å². The minimum absolute atomic E-state index is 0.0763. The molecule has 6 heteroatoms. The molecule has 0 fully saturated rings. The van der Waals surface area contributed by atoms with E-state index < -0.39 is 0 Å². The molecule has 2 heterocycles.